The summed E-state index contributed by atoms with van der Waals surface area (Å²) in [6.07, 6.45) is 3.88. The van der Waals surface area contributed by atoms with Gasteiger partial charge in [0.15, 0.2) is 0 Å². The van der Waals surface area contributed by atoms with Crippen molar-refractivity contribution in [2.45, 2.75) is 76.6 Å². The van der Waals surface area contributed by atoms with E-state index < -0.39 is 18.2 Å². The van der Waals surface area contributed by atoms with Gasteiger partial charge in [0, 0.05) is 36.3 Å². The molecule has 1 aromatic carbocycles. The fourth-order valence-electron chi connectivity index (χ4n) is 6.47. The lowest BCUT2D eigenvalue weighted by Gasteiger charge is -2.44. The number of rotatable bonds is 7. The van der Waals surface area contributed by atoms with E-state index in [1.54, 1.807) is 6.20 Å². The quantitative estimate of drug-likeness (QED) is 0.414. The van der Waals surface area contributed by atoms with Gasteiger partial charge in [-0.3, -0.25) is 9.78 Å². The molecule has 1 fully saturated rings. The van der Waals surface area contributed by atoms with Crippen molar-refractivity contribution in [2.24, 2.45) is 11.8 Å². The normalized spacial score (nSPS) is 24.8. The number of halogens is 3. The number of aliphatic hydroxyl groups is 1. The molecule has 3 aliphatic rings. The van der Waals surface area contributed by atoms with Crippen molar-refractivity contribution < 1.29 is 23.1 Å². The molecule has 0 aliphatic heterocycles. The van der Waals surface area contributed by atoms with Gasteiger partial charge >= 0.3 is 6.18 Å². The summed E-state index contributed by atoms with van der Waals surface area (Å²) < 4.78 is 38.7. The Hall–Kier alpha value is -3.19. The molecule has 0 unspecified atom stereocenters. The van der Waals surface area contributed by atoms with Gasteiger partial charge in [0.1, 0.15) is 0 Å². The van der Waals surface area contributed by atoms with E-state index in [0.717, 1.165) is 36.1 Å². The lowest BCUT2D eigenvalue weighted by Crippen LogP contribution is -2.39. The highest BCUT2D eigenvalue weighted by atomic mass is 19.4. The lowest BCUT2D eigenvalue weighted by atomic mass is 9.63. The third-order valence-corrected chi connectivity index (χ3v) is 8.50. The van der Waals surface area contributed by atoms with E-state index in [2.05, 4.69) is 28.5 Å². The average Bonchev–Trinajstić information content (AvgIpc) is 2.91. The van der Waals surface area contributed by atoms with Gasteiger partial charge in [0.05, 0.1) is 5.60 Å². The molecule has 1 amide bonds. The van der Waals surface area contributed by atoms with Crippen LogP contribution >= 0.6 is 0 Å². The molecular weight excluding hydrogens is 501 g/mol. The molecule has 0 bridgehead atoms. The number of hydrogen-bond acceptors (Lipinski definition) is 3. The molecule has 7 heteroatoms. The number of allylic oxidation sites excluding steroid dienone is 4. The predicted octanol–water partition coefficient (Wildman–Crippen LogP) is 6.70. The maximum absolute atomic E-state index is 13.3. The number of carbonyl (C=O) groups is 1. The number of aryl methyl sites for hydroxylation is 1. The zero-order chi connectivity index (χ0) is 27.6. The van der Waals surface area contributed by atoms with Crippen molar-refractivity contribution in [3.8, 4) is 0 Å². The van der Waals surface area contributed by atoms with Gasteiger partial charge in [0.25, 0.3) is 5.91 Å². The van der Waals surface area contributed by atoms with Crippen LogP contribution in [0.2, 0.25) is 0 Å². The van der Waals surface area contributed by atoms with Crippen LogP contribution in [-0.2, 0) is 17.8 Å². The standard InChI is InChI=1S/C32H35F3N2O2/c1-21-25(8-5-15-36-21)20-37-30(38)27-17-23-9-10-24-19-31(39,13-14-32(33,34)35)12-11-28(24)29(23)26(18-27)16-22-6-3-2-4-7-22/h2-8,15,17-18,24,26,39H,9-14,16,19-20H2,1H3,(H,37,38)/t24-,26-,31+/m1/s1. The second-order valence-corrected chi connectivity index (χ2v) is 11.2. The zero-order valence-electron chi connectivity index (χ0n) is 22.2. The first-order valence-corrected chi connectivity index (χ1v) is 13.8. The number of alkyl halides is 3. The number of nitrogens with one attached hydrogen (secondary N) is 1. The molecule has 0 saturated heterocycles. The Bertz CT molecular complexity index is 1310. The Morgan fingerprint density at radius 2 is 1.95 bits per heavy atom. The Kier molecular flexibility index (Phi) is 7.81. The summed E-state index contributed by atoms with van der Waals surface area (Å²) in [6, 6.07) is 14.0. The fraction of sp³-hybridized carbons (Fsp3) is 0.438. The predicted molar refractivity (Wildman–Crippen MR) is 144 cm³/mol. The molecule has 2 aromatic rings. The van der Waals surface area contributed by atoms with Crippen LogP contribution in [0, 0.1) is 18.8 Å². The molecule has 1 saturated carbocycles. The third kappa shape index (κ3) is 6.52. The molecule has 1 aromatic heterocycles. The molecule has 3 aliphatic carbocycles. The van der Waals surface area contributed by atoms with E-state index in [0.29, 0.717) is 31.4 Å². The van der Waals surface area contributed by atoms with Crippen LogP contribution in [0.3, 0.4) is 0 Å². The summed E-state index contributed by atoms with van der Waals surface area (Å²) in [7, 11) is 0. The van der Waals surface area contributed by atoms with Gasteiger partial charge in [-0.25, -0.2) is 0 Å². The third-order valence-electron chi connectivity index (χ3n) is 8.50. The van der Waals surface area contributed by atoms with Gasteiger partial charge in [-0.05, 0) is 92.2 Å². The van der Waals surface area contributed by atoms with Crippen LogP contribution in [0.15, 0.2) is 83.1 Å². The number of benzene rings is 1. The van der Waals surface area contributed by atoms with E-state index in [-0.39, 0.29) is 24.2 Å². The molecule has 39 heavy (non-hydrogen) atoms. The van der Waals surface area contributed by atoms with E-state index in [4.69, 9.17) is 0 Å². The Labute approximate surface area is 227 Å². The number of nitrogens with zero attached hydrogens (tertiary/aromatic N) is 1. The highest BCUT2D eigenvalue weighted by Crippen LogP contribution is 2.51. The van der Waals surface area contributed by atoms with Gasteiger partial charge in [0.2, 0.25) is 0 Å². The molecule has 5 rings (SSSR count). The van der Waals surface area contributed by atoms with Gasteiger partial charge in [-0.15, -0.1) is 0 Å². The molecule has 2 N–H and O–H groups in total. The number of hydrogen-bond donors (Lipinski definition) is 2. The van der Waals surface area contributed by atoms with Crippen LogP contribution in [0.5, 0.6) is 0 Å². The Morgan fingerprint density at radius 3 is 2.69 bits per heavy atom. The van der Waals surface area contributed by atoms with E-state index in [9.17, 15) is 23.1 Å². The highest BCUT2D eigenvalue weighted by molar-refractivity contribution is 5.97. The average molecular weight is 537 g/mol. The van der Waals surface area contributed by atoms with E-state index in [1.807, 2.05) is 43.3 Å². The maximum Gasteiger partial charge on any atom is 0.389 e. The molecule has 1 heterocycles. The maximum atomic E-state index is 13.3. The van der Waals surface area contributed by atoms with Crippen LogP contribution in [0.1, 0.15) is 61.8 Å². The smallest absolute Gasteiger partial charge is 0.389 e. The summed E-state index contributed by atoms with van der Waals surface area (Å²) in [6.45, 7) is 2.32. The molecule has 3 atom stereocenters. The van der Waals surface area contributed by atoms with Crippen molar-refractivity contribution >= 4 is 5.91 Å². The molecular formula is C32H35F3N2O2. The monoisotopic (exact) mass is 536 g/mol. The molecule has 0 radical (unpaired) electrons. The van der Waals surface area contributed by atoms with E-state index >= 15 is 0 Å². The van der Waals surface area contributed by atoms with Gasteiger partial charge < -0.3 is 10.4 Å². The fourth-order valence-corrected chi connectivity index (χ4v) is 6.47. The topological polar surface area (TPSA) is 62.2 Å². The van der Waals surface area contributed by atoms with E-state index in [1.165, 1.54) is 16.7 Å². The number of carbonyl (C=O) groups excluding carboxylic acids is 1. The van der Waals surface area contributed by atoms with Crippen molar-refractivity contribution in [2.75, 3.05) is 0 Å². The van der Waals surface area contributed by atoms with Crippen molar-refractivity contribution in [3.05, 3.63) is 99.9 Å². The minimum Gasteiger partial charge on any atom is -0.390 e. The summed E-state index contributed by atoms with van der Waals surface area (Å²) in [5, 5.41) is 14.1. The number of pyridine rings is 1. The molecule has 4 nitrogen and oxygen atoms in total. The zero-order valence-corrected chi connectivity index (χ0v) is 22.2. The summed E-state index contributed by atoms with van der Waals surface area (Å²) in [5.74, 6) is -0.0626. The van der Waals surface area contributed by atoms with Gasteiger partial charge in [-0.1, -0.05) is 48.0 Å². The van der Waals surface area contributed by atoms with Crippen molar-refractivity contribution in [1.29, 1.82) is 0 Å². The van der Waals surface area contributed by atoms with Gasteiger partial charge in [-0.2, -0.15) is 13.2 Å². The van der Waals surface area contributed by atoms with Crippen LogP contribution in [0.25, 0.3) is 0 Å². The minimum absolute atomic E-state index is 0.00699. The van der Waals surface area contributed by atoms with Crippen LogP contribution < -0.4 is 5.32 Å². The van der Waals surface area contributed by atoms with Crippen LogP contribution in [0.4, 0.5) is 13.2 Å². The minimum atomic E-state index is -4.27. The van der Waals surface area contributed by atoms with Crippen LogP contribution in [-0.4, -0.2) is 27.8 Å². The summed E-state index contributed by atoms with van der Waals surface area (Å²) >= 11 is 0. The number of fused-ring (bicyclic) bond motifs is 2. The number of amides is 1. The largest absolute Gasteiger partial charge is 0.390 e. The molecule has 0 spiro atoms. The second kappa shape index (κ2) is 11.1. The summed E-state index contributed by atoms with van der Waals surface area (Å²) in [5.41, 5.74) is 6.02. The Balaban J connectivity index is 1.40. The summed E-state index contributed by atoms with van der Waals surface area (Å²) in [4.78, 5) is 17.6. The number of aromatic nitrogens is 1. The first kappa shape index (κ1) is 27.4. The SMILES string of the molecule is Cc1ncccc1CNC(=O)C1=C[C@@H](Cc2ccccc2)C2=C3CC[C@](O)(CCC(F)(F)F)C[C@H]3CCC2=C1. The molecule has 206 valence electrons. The highest BCUT2D eigenvalue weighted by Gasteiger charge is 2.43. The second-order valence-electron chi connectivity index (χ2n) is 11.2. The first-order chi connectivity index (χ1) is 18.6. The van der Waals surface area contributed by atoms with Crippen molar-refractivity contribution in [3.63, 3.8) is 0 Å². The van der Waals surface area contributed by atoms with Crippen molar-refractivity contribution in [1.82, 2.24) is 10.3 Å². The first-order valence-electron chi connectivity index (χ1n) is 13.8. The lowest BCUT2D eigenvalue weighted by molar-refractivity contribution is -0.149. The Morgan fingerprint density at radius 1 is 1.15 bits per heavy atom.